The van der Waals surface area contributed by atoms with E-state index in [4.69, 9.17) is 0 Å². The van der Waals surface area contributed by atoms with Crippen molar-refractivity contribution in [1.29, 1.82) is 0 Å². The number of aryl methyl sites for hydroxylation is 1. The van der Waals surface area contributed by atoms with Crippen LogP contribution in [0.3, 0.4) is 0 Å². The number of rotatable bonds is 6. The average molecular weight is 379 g/mol. The molecule has 2 aromatic rings. The Kier molecular flexibility index (Phi) is 5.99. The summed E-state index contributed by atoms with van der Waals surface area (Å²) in [4.78, 5) is 12.4. The largest absolute Gasteiger partial charge is 0.374 e. The van der Waals surface area contributed by atoms with Crippen molar-refractivity contribution in [2.75, 3.05) is 24.7 Å². The Hall–Kier alpha value is -2.45. The van der Waals surface area contributed by atoms with Gasteiger partial charge in [-0.1, -0.05) is 12.1 Å². The van der Waals surface area contributed by atoms with Crippen LogP contribution in [0.15, 0.2) is 47.4 Å². The van der Waals surface area contributed by atoms with Crippen LogP contribution < -0.4 is 10.6 Å². The molecule has 0 unspecified atom stereocenters. The smallest absolute Gasteiger partial charge is 0.246 e. The summed E-state index contributed by atoms with van der Waals surface area (Å²) in [6.07, 6.45) is 0. The monoisotopic (exact) mass is 379 g/mol. The van der Waals surface area contributed by atoms with Crippen LogP contribution >= 0.6 is 0 Å². The van der Waals surface area contributed by atoms with E-state index in [2.05, 4.69) is 10.6 Å². The van der Waals surface area contributed by atoms with Crippen molar-refractivity contribution in [1.82, 2.24) is 4.31 Å². The third-order valence-corrected chi connectivity index (χ3v) is 5.64. The zero-order chi connectivity index (χ0) is 19.5. The fourth-order valence-electron chi connectivity index (χ4n) is 2.19. The van der Waals surface area contributed by atoms with E-state index in [-0.39, 0.29) is 16.6 Å². The third-order valence-electron chi connectivity index (χ3n) is 3.83. The van der Waals surface area contributed by atoms with Crippen molar-refractivity contribution in [3.8, 4) is 0 Å². The highest BCUT2D eigenvalue weighted by Crippen LogP contribution is 2.19. The van der Waals surface area contributed by atoms with Crippen LogP contribution in [0.2, 0.25) is 0 Å². The summed E-state index contributed by atoms with van der Waals surface area (Å²) < 4.78 is 39.0. The van der Waals surface area contributed by atoms with Crippen molar-refractivity contribution >= 4 is 27.3 Å². The number of amides is 1. The lowest BCUT2D eigenvalue weighted by atomic mass is 10.2. The first-order valence-electron chi connectivity index (χ1n) is 7.97. The van der Waals surface area contributed by atoms with Crippen molar-refractivity contribution < 1.29 is 17.6 Å². The molecule has 0 aliphatic rings. The lowest BCUT2D eigenvalue weighted by Gasteiger charge is -2.17. The van der Waals surface area contributed by atoms with E-state index in [1.807, 2.05) is 0 Å². The standard InChI is InChI=1S/C18H22FN3O3S/c1-12-8-9-15(11-17(12)19)20-13(2)18(23)21-14-6-5-7-16(10-14)26(24,25)22(3)4/h5-11,13,20H,1-4H3,(H,21,23)/t13-/m0/s1. The van der Waals surface area contributed by atoms with Crippen LogP contribution in [0.4, 0.5) is 15.8 Å². The van der Waals surface area contributed by atoms with Crippen LogP contribution in [0.25, 0.3) is 0 Å². The maximum Gasteiger partial charge on any atom is 0.246 e. The highest BCUT2D eigenvalue weighted by atomic mass is 32.2. The Bertz CT molecular complexity index is 914. The summed E-state index contributed by atoms with van der Waals surface area (Å²) in [6, 6.07) is 10.00. The van der Waals surface area contributed by atoms with E-state index < -0.39 is 16.1 Å². The van der Waals surface area contributed by atoms with Gasteiger partial charge in [0.25, 0.3) is 0 Å². The number of hydrogen-bond acceptors (Lipinski definition) is 4. The minimum absolute atomic E-state index is 0.0847. The minimum atomic E-state index is -3.59. The van der Waals surface area contributed by atoms with Crippen molar-refractivity contribution in [3.63, 3.8) is 0 Å². The Morgan fingerprint density at radius 1 is 1.12 bits per heavy atom. The summed E-state index contributed by atoms with van der Waals surface area (Å²) in [5.41, 5.74) is 1.37. The molecule has 1 atom stereocenters. The molecule has 26 heavy (non-hydrogen) atoms. The molecule has 0 spiro atoms. The van der Waals surface area contributed by atoms with E-state index in [0.717, 1.165) is 4.31 Å². The summed E-state index contributed by atoms with van der Waals surface area (Å²) >= 11 is 0. The number of hydrogen-bond donors (Lipinski definition) is 2. The molecule has 0 heterocycles. The van der Waals surface area contributed by atoms with Crippen molar-refractivity contribution in [3.05, 3.63) is 53.8 Å². The lowest BCUT2D eigenvalue weighted by Crippen LogP contribution is -2.32. The van der Waals surface area contributed by atoms with Gasteiger partial charge in [-0.25, -0.2) is 17.1 Å². The molecule has 0 aliphatic heterocycles. The second-order valence-corrected chi connectivity index (χ2v) is 8.29. The van der Waals surface area contributed by atoms with E-state index in [0.29, 0.717) is 16.9 Å². The van der Waals surface area contributed by atoms with Gasteiger partial charge in [0.1, 0.15) is 11.9 Å². The molecule has 0 aromatic heterocycles. The maximum absolute atomic E-state index is 13.6. The second-order valence-electron chi connectivity index (χ2n) is 6.13. The van der Waals surface area contributed by atoms with Crippen LogP contribution in [-0.2, 0) is 14.8 Å². The average Bonchev–Trinajstić information content (AvgIpc) is 2.58. The Labute approximate surface area is 153 Å². The number of carbonyl (C=O) groups excluding carboxylic acids is 1. The van der Waals surface area contributed by atoms with Crippen LogP contribution in [0, 0.1) is 12.7 Å². The fraction of sp³-hybridized carbons (Fsp3) is 0.278. The number of nitrogens with one attached hydrogen (secondary N) is 2. The summed E-state index contributed by atoms with van der Waals surface area (Å²) in [6.45, 7) is 3.29. The molecule has 140 valence electrons. The molecule has 0 saturated carbocycles. The Balaban J connectivity index is 2.10. The highest BCUT2D eigenvalue weighted by molar-refractivity contribution is 7.89. The Morgan fingerprint density at radius 2 is 1.81 bits per heavy atom. The molecule has 0 bridgehead atoms. The van der Waals surface area contributed by atoms with Gasteiger partial charge in [-0.15, -0.1) is 0 Å². The van der Waals surface area contributed by atoms with E-state index >= 15 is 0 Å². The maximum atomic E-state index is 13.6. The predicted octanol–water partition coefficient (Wildman–Crippen LogP) is 2.82. The molecule has 2 aromatic carbocycles. The van der Waals surface area contributed by atoms with Gasteiger partial charge in [-0.3, -0.25) is 4.79 Å². The molecule has 0 aliphatic carbocycles. The van der Waals surface area contributed by atoms with Crippen molar-refractivity contribution in [2.24, 2.45) is 0 Å². The van der Waals surface area contributed by atoms with Gasteiger partial charge >= 0.3 is 0 Å². The van der Waals surface area contributed by atoms with Gasteiger partial charge in [0.15, 0.2) is 0 Å². The SMILES string of the molecule is Cc1ccc(N[C@@H](C)C(=O)Nc2cccc(S(=O)(=O)N(C)C)c2)cc1F. The normalized spacial score (nSPS) is 12.7. The van der Waals surface area contributed by atoms with E-state index in [1.165, 1.54) is 32.3 Å². The second kappa shape index (κ2) is 7.84. The molecule has 6 nitrogen and oxygen atoms in total. The molecule has 2 rings (SSSR count). The first-order valence-corrected chi connectivity index (χ1v) is 9.41. The van der Waals surface area contributed by atoms with Crippen LogP contribution in [0.1, 0.15) is 12.5 Å². The molecule has 2 N–H and O–H groups in total. The molecule has 0 radical (unpaired) electrons. The third kappa shape index (κ3) is 4.59. The quantitative estimate of drug-likeness (QED) is 0.809. The van der Waals surface area contributed by atoms with Gasteiger partial charge in [-0.2, -0.15) is 0 Å². The minimum Gasteiger partial charge on any atom is -0.374 e. The molecule has 1 amide bonds. The molecule has 0 fully saturated rings. The fourth-order valence-corrected chi connectivity index (χ4v) is 3.14. The number of carbonyl (C=O) groups is 1. The number of sulfonamides is 1. The Morgan fingerprint density at radius 3 is 2.42 bits per heavy atom. The van der Waals surface area contributed by atoms with Gasteiger partial charge in [-0.05, 0) is 49.7 Å². The highest BCUT2D eigenvalue weighted by Gasteiger charge is 2.19. The summed E-state index contributed by atoms with van der Waals surface area (Å²) in [5, 5.41) is 5.58. The lowest BCUT2D eigenvalue weighted by molar-refractivity contribution is -0.116. The van der Waals surface area contributed by atoms with E-state index in [1.54, 1.807) is 38.1 Å². The van der Waals surface area contributed by atoms with Gasteiger partial charge in [0, 0.05) is 25.5 Å². The van der Waals surface area contributed by atoms with Gasteiger partial charge in [0.2, 0.25) is 15.9 Å². The number of nitrogens with zero attached hydrogens (tertiary/aromatic N) is 1. The number of halogens is 1. The zero-order valence-electron chi connectivity index (χ0n) is 15.1. The topological polar surface area (TPSA) is 78.5 Å². The number of anilines is 2. The summed E-state index contributed by atoms with van der Waals surface area (Å²) in [7, 11) is -0.713. The van der Waals surface area contributed by atoms with Gasteiger partial charge in [0.05, 0.1) is 4.90 Å². The first kappa shape index (κ1) is 19.9. The first-order chi connectivity index (χ1) is 12.1. The molecule has 0 saturated heterocycles. The van der Waals surface area contributed by atoms with Gasteiger partial charge < -0.3 is 10.6 Å². The molecular weight excluding hydrogens is 357 g/mol. The number of benzene rings is 2. The zero-order valence-corrected chi connectivity index (χ0v) is 15.9. The van der Waals surface area contributed by atoms with Crippen LogP contribution in [0.5, 0.6) is 0 Å². The summed E-state index contributed by atoms with van der Waals surface area (Å²) in [5.74, 6) is -0.727. The molecular formula is C18H22FN3O3S. The van der Waals surface area contributed by atoms with Crippen LogP contribution in [-0.4, -0.2) is 38.8 Å². The van der Waals surface area contributed by atoms with Crippen molar-refractivity contribution in [2.45, 2.75) is 24.8 Å². The predicted molar refractivity (Wildman–Crippen MR) is 100 cm³/mol. The molecule has 8 heteroatoms. The van der Waals surface area contributed by atoms with E-state index in [9.17, 15) is 17.6 Å².